The van der Waals surface area contributed by atoms with Crippen LogP contribution in [-0.4, -0.2) is 24.7 Å². The van der Waals surface area contributed by atoms with Gasteiger partial charge in [0.25, 0.3) is 0 Å². The van der Waals surface area contributed by atoms with Crippen molar-refractivity contribution >= 4 is 5.97 Å². The Hall–Kier alpha value is -0.570. The highest BCUT2D eigenvalue weighted by Crippen LogP contribution is 2.22. The molecule has 0 aromatic carbocycles. The molecule has 0 spiro atoms. The van der Waals surface area contributed by atoms with Crippen LogP contribution in [-0.2, 0) is 9.53 Å². The van der Waals surface area contributed by atoms with Crippen LogP contribution in [0, 0.1) is 0 Å². The molecule has 0 bridgehead atoms. The lowest BCUT2D eigenvalue weighted by Crippen LogP contribution is -2.55. The van der Waals surface area contributed by atoms with Crippen LogP contribution in [0.2, 0.25) is 0 Å². The van der Waals surface area contributed by atoms with E-state index in [1.165, 1.54) is 7.11 Å². The lowest BCUT2D eigenvalue weighted by molar-refractivity contribution is -0.149. The summed E-state index contributed by atoms with van der Waals surface area (Å²) in [5, 5.41) is 3.37. The van der Waals surface area contributed by atoms with Gasteiger partial charge in [0, 0.05) is 6.04 Å². The van der Waals surface area contributed by atoms with E-state index >= 15 is 0 Å². The van der Waals surface area contributed by atoms with E-state index in [1.807, 2.05) is 0 Å². The van der Waals surface area contributed by atoms with Crippen molar-refractivity contribution in [2.24, 2.45) is 0 Å². The average molecular weight is 215 g/mol. The minimum atomic E-state index is -0.480. The van der Waals surface area contributed by atoms with Gasteiger partial charge in [-0.05, 0) is 26.7 Å². The lowest BCUT2D eigenvalue weighted by Gasteiger charge is -2.33. The highest BCUT2D eigenvalue weighted by Gasteiger charge is 2.37. The quantitative estimate of drug-likeness (QED) is 0.663. The SMILES string of the molecule is CCCC(CCC)(NC(C)C)C(=O)OC. The molecule has 0 saturated heterocycles. The third-order valence-electron chi connectivity index (χ3n) is 2.49. The average Bonchev–Trinajstić information content (AvgIpc) is 2.16. The van der Waals surface area contributed by atoms with Gasteiger partial charge in [-0.25, -0.2) is 0 Å². The number of hydrogen-bond donors (Lipinski definition) is 1. The zero-order valence-electron chi connectivity index (χ0n) is 10.7. The van der Waals surface area contributed by atoms with Crippen LogP contribution in [0.5, 0.6) is 0 Å². The fraction of sp³-hybridized carbons (Fsp3) is 0.917. The maximum absolute atomic E-state index is 11.9. The molecule has 0 saturated carbocycles. The van der Waals surface area contributed by atoms with Crippen LogP contribution in [0.15, 0.2) is 0 Å². The van der Waals surface area contributed by atoms with Gasteiger partial charge in [0.1, 0.15) is 5.54 Å². The van der Waals surface area contributed by atoms with E-state index in [0.717, 1.165) is 25.7 Å². The van der Waals surface area contributed by atoms with Crippen LogP contribution < -0.4 is 5.32 Å². The standard InChI is InChI=1S/C12H25NO2/c1-6-8-12(9-7-2,11(14)15-5)13-10(3)4/h10,13H,6-9H2,1-5H3. The highest BCUT2D eigenvalue weighted by molar-refractivity contribution is 5.80. The largest absolute Gasteiger partial charge is 0.468 e. The molecule has 0 aliphatic heterocycles. The molecule has 0 aromatic rings. The Morgan fingerprint density at radius 3 is 2.00 bits per heavy atom. The zero-order chi connectivity index (χ0) is 11.9. The van der Waals surface area contributed by atoms with Crippen LogP contribution in [0.1, 0.15) is 53.4 Å². The van der Waals surface area contributed by atoms with Gasteiger partial charge in [-0.15, -0.1) is 0 Å². The number of ether oxygens (including phenoxy) is 1. The van der Waals surface area contributed by atoms with Gasteiger partial charge in [-0.3, -0.25) is 10.1 Å². The fourth-order valence-electron chi connectivity index (χ4n) is 2.13. The second kappa shape index (κ2) is 6.83. The van der Waals surface area contributed by atoms with E-state index in [0.29, 0.717) is 6.04 Å². The molecule has 0 atom stereocenters. The summed E-state index contributed by atoms with van der Waals surface area (Å²) >= 11 is 0. The van der Waals surface area contributed by atoms with Crippen molar-refractivity contribution in [3.8, 4) is 0 Å². The van der Waals surface area contributed by atoms with Gasteiger partial charge < -0.3 is 4.74 Å². The fourth-order valence-corrected chi connectivity index (χ4v) is 2.13. The number of rotatable bonds is 7. The Labute approximate surface area is 93.6 Å². The molecule has 0 heterocycles. The number of nitrogens with one attached hydrogen (secondary N) is 1. The molecule has 0 rings (SSSR count). The lowest BCUT2D eigenvalue weighted by atomic mass is 9.88. The summed E-state index contributed by atoms with van der Waals surface area (Å²) in [6, 6.07) is 0.294. The van der Waals surface area contributed by atoms with Crippen molar-refractivity contribution in [3.63, 3.8) is 0 Å². The van der Waals surface area contributed by atoms with Crippen molar-refractivity contribution in [3.05, 3.63) is 0 Å². The maximum atomic E-state index is 11.9. The van der Waals surface area contributed by atoms with Crippen LogP contribution in [0.3, 0.4) is 0 Å². The van der Waals surface area contributed by atoms with Crippen LogP contribution >= 0.6 is 0 Å². The third kappa shape index (κ3) is 4.20. The summed E-state index contributed by atoms with van der Waals surface area (Å²) in [5.74, 6) is -0.125. The molecule has 0 amide bonds. The Morgan fingerprint density at radius 1 is 1.27 bits per heavy atom. The molecule has 3 heteroatoms. The molecule has 90 valence electrons. The normalized spacial score (nSPS) is 11.9. The van der Waals surface area contributed by atoms with Crippen LogP contribution in [0.25, 0.3) is 0 Å². The molecule has 0 aliphatic carbocycles. The predicted molar refractivity (Wildman–Crippen MR) is 62.8 cm³/mol. The van der Waals surface area contributed by atoms with E-state index in [9.17, 15) is 4.79 Å². The van der Waals surface area contributed by atoms with Gasteiger partial charge in [0.05, 0.1) is 7.11 Å². The Bertz CT molecular complexity index is 184. The Morgan fingerprint density at radius 2 is 1.73 bits per heavy atom. The van der Waals surface area contributed by atoms with Crippen molar-refractivity contribution in [1.29, 1.82) is 0 Å². The van der Waals surface area contributed by atoms with Crippen LogP contribution in [0.4, 0.5) is 0 Å². The molecular weight excluding hydrogens is 190 g/mol. The first-order valence-electron chi connectivity index (χ1n) is 5.88. The second-order valence-electron chi connectivity index (χ2n) is 4.37. The molecule has 0 unspecified atom stereocenters. The minimum absolute atomic E-state index is 0.125. The molecule has 0 radical (unpaired) electrons. The van der Waals surface area contributed by atoms with Gasteiger partial charge in [-0.1, -0.05) is 26.7 Å². The van der Waals surface area contributed by atoms with Crippen molar-refractivity contribution in [2.75, 3.05) is 7.11 Å². The Kier molecular flexibility index (Phi) is 6.57. The first-order valence-corrected chi connectivity index (χ1v) is 5.88. The molecule has 1 N–H and O–H groups in total. The zero-order valence-corrected chi connectivity index (χ0v) is 10.7. The van der Waals surface area contributed by atoms with Gasteiger partial charge in [0.2, 0.25) is 0 Å². The van der Waals surface area contributed by atoms with E-state index in [1.54, 1.807) is 0 Å². The van der Waals surface area contributed by atoms with Crippen molar-refractivity contribution < 1.29 is 9.53 Å². The smallest absolute Gasteiger partial charge is 0.326 e. The van der Waals surface area contributed by atoms with E-state index < -0.39 is 5.54 Å². The topological polar surface area (TPSA) is 38.3 Å². The highest BCUT2D eigenvalue weighted by atomic mass is 16.5. The van der Waals surface area contributed by atoms with Crippen molar-refractivity contribution in [1.82, 2.24) is 5.32 Å². The monoisotopic (exact) mass is 215 g/mol. The predicted octanol–water partition coefficient (Wildman–Crippen LogP) is 2.50. The van der Waals surface area contributed by atoms with E-state index in [-0.39, 0.29) is 5.97 Å². The minimum Gasteiger partial charge on any atom is -0.468 e. The molecular formula is C12H25NO2. The number of methoxy groups -OCH3 is 1. The number of hydrogen-bond acceptors (Lipinski definition) is 3. The first-order chi connectivity index (χ1) is 7.02. The molecule has 0 fully saturated rings. The van der Waals surface area contributed by atoms with Gasteiger partial charge in [-0.2, -0.15) is 0 Å². The Balaban J connectivity index is 4.79. The summed E-state index contributed by atoms with van der Waals surface area (Å²) in [7, 11) is 1.46. The third-order valence-corrected chi connectivity index (χ3v) is 2.49. The summed E-state index contributed by atoms with van der Waals surface area (Å²) in [6.07, 6.45) is 3.64. The summed E-state index contributed by atoms with van der Waals surface area (Å²) in [6.45, 7) is 8.30. The van der Waals surface area contributed by atoms with Gasteiger partial charge in [0.15, 0.2) is 0 Å². The van der Waals surface area contributed by atoms with E-state index in [2.05, 4.69) is 33.0 Å². The maximum Gasteiger partial charge on any atom is 0.326 e. The van der Waals surface area contributed by atoms with Crippen molar-refractivity contribution in [2.45, 2.75) is 65.0 Å². The molecule has 0 aromatic heterocycles. The number of esters is 1. The molecule has 15 heavy (non-hydrogen) atoms. The first kappa shape index (κ1) is 14.4. The summed E-state index contributed by atoms with van der Waals surface area (Å²) < 4.78 is 4.92. The van der Waals surface area contributed by atoms with E-state index in [4.69, 9.17) is 4.74 Å². The number of carbonyl (C=O) groups excluding carboxylic acids is 1. The molecule has 0 aliphatic rings. The molecule has 3 nitrogen and oxygen atoms in total. The summed E-state index contributed by atoms with van der Waals surface area (Å²) in [4.78, 5) is 11.9. The van der Waals surface area contributed by atoms with Gasteiger partial charge >= 0.3 is 5.97 Å². The number of carbonyl (C=O) groups is 1. The second-order valence-corrected chi connectivity index (χ2v) is 4.37. The summed E-state index contributed by atoms with van der Waals surface area (Å²) in [5.41, 5.74) is -0.480.